The Kier molecular flexibility index (Phi) is 5.06. The summed E-state index contributed by atoms with van der Waals surface area (Å²) in [5, 5.41) is 10.6. The van der Waals surface area contributed by atoms with Crippen molar-refractivity contribution in [3.05, 3.63) is 71.5 Å². The first-order chi connectivity index (χ1) is 13.2. The molecular formula is C21H16FN3S2. The summed E-state index contributed by atoms with van der Waals surface area (Å²) in [4.78, 5) is 5.34. The Bertz CT molecular complexity index is 1180. The van der Waals surface area contributed by atoms with Crippen molar-refractivity contribution in [3.8, 4) is 6.07 Å². The summed E-state index contributed by atoms with van der Waals surface area (Å²) in [5.74, 6) is 1.44. The largest absolute Gasteiger partial charge is 0.286 e. The van der Waals surface area contributed by atoms with Crippen molar-refractivity contribution in [2.75, 3.05) is 11.5 Å². The number of pyridine rings is 1. The Morgan fingerprint density at radius 1 is 1.07 bits per heavy atom. The van der Waals surface area contributed by atoms with Gasteiger partial charge in [-0.3, -0.25) is 4.40 Å². The molecule has 0 aliphatic carbocycles. The number of benzene rings is 2. The lowest BCUT2D eigenvalue weighted by atomic mass is 10.2. The zero-order chi connectivity index (χ0) is 18.8. The van der Waals surface area contributed by atoms with E-state index in [1.54, 1.807) is 23.9 Å². The fourth-order valence-corrected chi connectivity index (χ4v) is 5.07. The molecule has 3 nitrogen and oxygen atoms in total. The molecule has 0 unspecified atom stereocenters. The van der Waals surface area contributed by atoms with Gasteiger partial charge in [0.15, 0.2) is 5.65 Å². The average Bonchev–Trinajstić information content (AvgIpc) is 3.06. The predicted octanol–water partition coefficient (Wildman–Crippen LogP) is 5.69. The molecule has 134 valence electrons. The van der Waals surface area contributed by atoms with Gasteiger partial charge >= 0.3 is 0 Å². The topological polar surface area (TPSA) is 41.1 Å². The van der Waals surface area contributed by atoms with E-state index in [-0.39, 0.29) is 5.82 Å². The van der Waals surface area contributed by atoms with Crippen LogP contribution in [-0.2, 0) is 0 Å². The fourth-order valence-electron chi connectivity index (χ4n) is 3.02. The highest BCUT2D eigenvalue weighted by Crippen LogP contribution is 2.30. The lowest BCUT2D eigenvalue weighted by molar-refractivity contribution is 0.602. The number of para-hydroxylation sites is 2. The molecule has 4 rings (SSSR count). The predicted molar refractivity (Wildman–Crippen MR) is 110 cm³/mol. The van der Waals surface area contributed by atoms with Crippen LogP contribution >= 0.6 is 23.5 Å². The SMILES string of the molecule is Cc1cc(SCCSc2ccccc2F)n2c(nc3ccccc32)c1C#N. The molecule has 0 aliphatic heterocycles. The van der Waals surface area contributed by atoms with E-state index < -0.39 is 0 Å². The van der Waals surface area contributed by atoms with Gasteiger partial charge in [0.2, 0.25) is 0 Å². The van der Waals surface area contributed by atoms with Gasteiger partial charge in [-0.15, -0.1) is 23.5 Å². The van der Waals surface area contributed by atoms with Crippen molar-refractivity contribution < 1.29 is 4.39 Å². The first-order valence-electron chi connectivity index (χ1n) is 8.50. The summed E-state index contributed by atoms with van der Waals surface area (Å²) < 4.78 is 15.8. The van der Waals surface area contributed by atoms with Crippen LogP contribution in [0.25, 0.3) is 16.7 Å². The highest BCUT2D eigenvalue weighted by molar-refractivity contribution is 8.03. The van der Waals surface area contributed by atoms with E-state index in [2.05, 4.69) is 15.5 Å². The number of aryl methyl sites for hydroxylation is 1. The van der Waals surface area contributed by atoms with Crippen LogP contribution in [0.2, 0.25) is 0 Å². The van der Waals surface area contributed by atoms with Crippen molar-refractivity contribution in [1.29, 1.82) is 5.26 Å². The molecule has 0 N–H and O–H groups in total. The van der Waals surface area contributed by atoms with Gasteiger partial charge < -0.3 is 0 Å². The van der Waals surface area contributed by atoms with E-state index >= 15 is 0 Å². The molecule has 0 bridgehead atoms. The zero-order valence-corrected chi connectivity index (χ0v) is 16.3. The molecule has 0 amide bonds. The molecule has 0 saturated carbocycles. The minimum atomic E-state index is -0.176. The summed E-state index contributed by atoms with van der Waals surface area (Å²) in [7, 11) is 0. The Balaban J connectivity index is 1.63. The summed E-state index contributed by atoms with van der Waals surface area (Å²) in [5.41, 5.74) is 4.10. The number of halogens is 1. The van der Waals surface area contributed by atoms with Crippen LogP contribution < -0.4 is 0 Å². The number of imidazole rings is 1. The van der Waals surface area contributed by atoms with Gasteiger partial charge in [-0.1, -0.05) is 24.3 Å². The van der Waals surface area contributed by atoms with Crippen LogP contribution in [0.1, 0.15) is 11.1 Å². The minimum Gasteiger partial charge on any atom is -0.286 e. The number of fused-ring (bicyclic) bond motifs is 3. The second-order valence-corrected chi connectivity index (χ2v) is 8.29. The van der Waals surface area contributed by atoms with Crippen LogP contribution in [0.3, 0.4) is 0 Å². The molecule has 0 fully saturated rings. The molecule has 2 aromatic heterocycles. The Morgan fingerprint density at radius 2 is 1.81 bits per heavy atom. The number of thioether (sulfide) groups is 2. The van der Waals surface area contributed by atoms with Crippen molar-refractivity contribution in [3.63, 3.8) is 0 Å². The molecule has 27 heavy (non-hydrogen) atoms. The number of hydrogen-bond donors (Lipinski definition) is 0. The summed E-state index contributed by atoms with van der Waals surface area (Å²) >= 11 is 3.21. The minimum absolute atomic E-state index is 0.176. The first kappa shape index (κ1) is 17.9. The molecule has 2 heterocycles. The lowest BCUT2D eigenvalue weighted by Crippen LogP contribution is -1.98. The Morgan fingerprint density at radius 3 is 2.63 bits per heavy atom. The monoisotopic (exact) mass is 393 g/mol. The molecule has 0 saturated heterocycles. The standard InChI is InChI=1S/C21H16FN3S2/c1-14-12-20(27-11-10-26-19-9-5-2-6-16(19)22)25-18-8-4-3-7-17(18)24-21(25)15(14)13-23/h2-9,12H,10-11H2,1H3. The van der Waals surface area contributed by atoms with Crippen LogP contribution in [0.15, 0.2) is 64.5 Å². The summed E-state index contributed by atoms with van der Waals surface area (Å²) in [6.45, 7) is 1.94. The van der Waals surface area contributed by atoms with Gasteiger partial charge in [-0.2, -0.15) is 5.26 Å². The molecule has 0 aliphatic rings. The number of nitriles is 1. The lowest BCUT2D eigenvalue weighted by Gasteiger charge is -2.10. The normalized spacial score (nSPS) is 11.1. The maximum atomic E-state index is 13.7. The van der Waals surface area contributed by atoms with Gasteiger partial charge in [0.1, 0.15) is 11.9 Å². The van der Waals surface area contributed by atoms with E-state index in [0.717, 1.165) is 33.1 Å². The maximum absolute atomic E-state index is 13.7. The number of aromatic nitrogens is 2. The summed E-state index contributed by atoms with van der Waals surface area (Å²) in [6.07, 6.45) is 0. The quantitative estimate of drug-likeness (QED) is 0.323. The van der Waals surface area contributed by atoms with Crippen LogP contribution in [0, 0.1) is 24.1 Å². The second-order valence-electron chi connectivity index (χ2n) is 6.04. The Labute approximate surface area is 165 Å². The number of hydrogen-bond acceptors (Lipinski definition) is 4. The highest BCUT2D eigenvalue weighted by atomic mass is 32.2. The average molecular weight is 394 g/mol. The first-order valence-corrected chi connectivity index (χ1v) is 10.5. The second kappa shape index (κ2) is 7.63. The smallest absolute Gasteiger partial charge is 0.157 e. The van der Waals surface area contributed by atoms with Crippen molar-refractivity contribution in [1.82, 2.24) is 9.38 Å². The van der Waals surface area contributed by atoms with Gasteiger partial charge in [-0.25, -0.2) is 9.37 Å². The van der Waals surface area contributed by atoms with Crippen molar-refractivity contribution in [2.24, 2.45) is 0 Å². The number of rotatable bonds is 5. The van der Waals surface area contributed by atoms with E-state index in [1.807, 2.05) is 43.3 Å². The molecule has 0 radical (unpaired) electrons. The van der Waals surface area contributed by atoms with Gasteiger partial charge in [0, 0.05) is 16.4 Å². The van der Waals surface area contributed by atoms with Gasteiger partial charge in [0.05, 0.1) is 21.6 Å². The van der Waals surface area contributed by atoms with E-state index in [0.29, 0.717) is 16.1 Å². The van der Waals surface area contributed by atoms with E-state index in [9.17, 15) is 9.65 Å². The zero-order valence-electron chi connectivity index (χ0n) is 14.6. The van der Waals surface area contributed by atoms with Crippen LogP contribution in [0.4, 0.5) is 4.39 Å². The molecule has 4 aromatic rings. The van der Waals surface area contributed by atoms with Crippen LogP contribution in [0.5, 0.6) is 0 Å². The maximum Gasteiger partial charge on any atom is 0.157 e. The fraction of sp³-hybridized carbons (Fsp3) is 0.143. The third-order valence-corrected chi connectivity index (χ3v) is 6.59. The van der Waals surface area contributed by atoms with Crippen LogP contribution in [-0.4, -0.2) is 20.9 Å². The summed E-state index contributed by atoms with van der Waals surface area (Å²) in [6, 6.07) is 19.1. The third-order valence-electron chi connectivity index (χ3n) is 4.28. The van der Waals surface area contributed by atoms with Gasteiger partial charge in [-0.05, 0) is 42.8 Å². The molecular weight excluding hydrogens is 377 g/mol. The molecule has 0 spiro atoms. The van der Waals surface area contributed by atoms with E-state index in [1.165, 1.54) is 17.8 Å². The van der Waals surface area contributed by atoms with E-state index in [4.69, 9.17) is 0 Å². The van der Waals surface area contributed by atoms with Crippen molar-refractivity contribution >= 4 is 40.2 Å². The molecule has 2 aromatic carbocycles. The third kappa shape index (κ3) is 3.41. The van der Waals surface area contributed by atoms with Gasteiger partial charge in [0.25, 0.3) is 0 Å². The Hall–Kier alpha value is -2.49. The molecule has 0 atom stereocenters. The highest BCUT2D eigenvalue weighted by Gasteiger charge is 2.15. The molecule has 6 heteroatoms. The number of nitrogens with zero attached hydrogens (tertiary/aromatic N) is 3. The van der Waals surface area contributed by atoms with Crippen molar-refractivity contribution in [2.45, 2.75) is 16.8 Å².